The lowest BCUT2D eigenvalue weighted by Crippen LogP contribution is -2.27. The summed E-state index contributed by atoms with van der Waals surface area (Å²) in [6, 6.07) is 9.71. The first-order chi connectivity index (χ1) is 14.1. The van der Waals surface area contributed by atoms with Crippen molar-refractivity contribution in [2.45, 2.75) is 23.6 Å². The number of hydrogen-bond donors (Lipinski definition) is 1. The Hall–Kier alpha value is -1.17. The smallest absolute Gasteiger partial charge is 0.255 e. The van der Waals surface area contributed by atoms with E-state index < -0.39 is 16.2 Å². The molecule has 9 heteroatoms. The zero-order chi connectivity index (χ0) is 22.2. The number of alkyl halides is 2. The van der Waals surface area contributed by atoms with Gasteiger partial charge in [0.25, 0.3) is 5.91 Å². The first kappa shape index (κ1) is 23.5. The molecule has 0 aromatic heterocycles. The van der Waals surface area contributed by atoms with E-state index >= 15 is 0 Å². The van der Waals surface area contributed by atoms with Crippen molar-refractivity contribution in [2.24, 2.45) is 5.92 Å². The van der Waals surface area contributed by atoms with Crippen LogP contribution in [0, 0.1) is 5.92 Å². The number of benzene rings is 2. The number of nitrogens with zero attached hydrogens (tertiary/aromatic N) is 1. The second-order valence-electron chi connectivity index (χ2n) is 7.24. The van der Waals surface area contributed by atoms with Crippen LogP contribution in [0.1, 0.15) is 35.2 Å². The van der Waals surface area contributed by atoms with Crippen LogP contribution in [0.2, 0.25) is 15.1 Å². The molecule has 2 aromatic carbocycles. The van der Waals surface area contributed by atoms with Gasteiger partial charge in [0.2, 0.25) is 5.91 Å². The first-order valence-corrected chi connectivity index (χ1v) is 11.1. The third kappa shape index (κ3) is 4.84. The standard InChI is InChI=1S/C21H19Cl5N2O2/c1-3-6-28(2)20(30)15-10-14(4-5-16(15)24)27-19(29)18-17(21(18,25)26)11-7-12(22)9-13(23)8-11/h4-5,7-10,17-18H,3,6H2,1-2H3,(H,27,29). The lowest BCUT2D eigenvalue weighted by atomic mass is 10.1. The summed E-state index contributed by atoms with van der Waals surface area (Å²) in [6.07, 6.45) is 0.820. The van der Waals surface area contributed by atoms with E-state index in [1.165, 1.54) is 0 Å². The molecule has 2 unspecified atom stereocenters. The van der Waals surface area contributed by atoms with E-state index in [0.29, 0.717) is 38.4 Å². The largest absolute Gasteiger partial charge is 0.342 e. The highest BCUT2D eigenvalue weighted by molar-refractivity contribution is 6.53. The molecule has 3 rings (SSSR count). The summed E-state index contributed by atoms with van der Waals surface area (Å²) in [7, 11) is 1.70. The summed E-state index contributed by atoms with van der Waals surface area (Å²) in [5.41, 5.74) is 1.42. The van der Waals surface area contributed by atoms with Crippen molar-refractivity contribution in [1.82, 2.24) is 4.90 Å². The van der Waals surface area contributed by atoms with Crippen molar-refractivity contribution in [2.75, 3.05) is 18.9 Å². The van der Waals surface area contributed by atoms with Gasteiger partial charge in [-0.2, -0.15) is 0 Å². The van der Waals surface area contributed by atoms with Gasteiger partial charge in [-0.05, 0) is 48.4 Å². The molecule has 0 spiro atoms. The second kappa shape index (κ2) is 9.13. The monoisotopic (exact) mass is 506 g/mol. The van der Waals surface area contributed by atoms with Gasteiger partial charge < -0.3 is 10.2 Å². The third-order valence-electron chi connectivity index (χ3n) is 4.95. The molecule has 0 saturated heterocycles. The van der Waals surface area contributed by atoms with Gasteiger partial charge in [0.1, 0.15) is 4.33 Å². The van der Waals surface area contributed by atoms with E-state index in [0.717, 1.165) is 6.42 Å². The second-order valence-corrected chi connectivity index (χ2v) is 9.97. The minimum atomic E-state index is -1.29. The minimum Gasteiger partial charge on any atom is -0.342 e. The van der Waals surface area contributed by atoms with Crippen LogP contribution in [0.5, 0.6) is 0 Å². The highest BCUT2D eigenvalue weighted by Gasteiger charge is 2.67. The summed E-state index contributed by atoms with van der Waals surface area (Å²) in [5, 5.41) is 3.96. The molecule has 0 bridgehead atoms. The quantitative estimate of drug-likeness (QED) is 0.444. The minimum absolute atomic E-state index is 0.222. The van der Waals surface area contributed by atoms with Gasteiger partial charge in [-0.15, -0.1) is 23.2 Å². The fourth-order valence-electron chi connectivity index (χ4n) is 3.45. The molecule has 1 saturated carbocycles. The number of amides is 2. The predicted molar refractivity (Wildman–Crippen MR) is 124 cm³/mol. The van der Waals surface area contributed by atoms with E-state index in [4.69, 9.17) is 58.0 Å². The zero-order valence-corrected chi connectivity index (χ0v) is 20.0. The molecule has 0 aliphatic heterocycles. The van der Waals surface area contributed by atoms with Crippen LogP contribution in [-0.2, 0) is 4.79 Å². The first-order valence-electron chi connectivity index (χ1n) is 9.26. The van der Waals surface area contributed by atoms with Crippen molar-refractivity contribution in [3.05, 3.63) is 62.6 Å². The predicted octanol–water partition coefficient (Wildman–Crippen LogP) is 6.65. The maximum atomic E-state index is 12.9. The Morgan fingerprint density at radius 2 is 1.70 bits per heavy atom. The summed E-state index contributed by atoms with van der Waals surface area (Å²) in [4.78, 5) is 27.1. The highest BCUT2D eigenvalue weighted by atomic mass is 35.5. The van der Waals surface area contributed by atoms with Gasteiger partial charge in [-0.3, -0.25) is 9.59 Å². The van der Waals surface area contributed by atoms with Crippen molar-refractivity contribution in [1.29, 1.82) is 0 Å². The number of anilines is 1. The van der Waals surface area contributed by atoms with Gasteiger partial charge in [0.15, 0.2) is 0 Å². The Balaban J connectivity index is 1.79. The molecule has 1 aliphatic carbocycles. The summed E-state index contributed by atoms with van der Waals surface area (Å²) >= 11 is 31.1. The van der Waals surface area contributed by atoms with Crippen molar-refractivity contribution < 1.29 is 9.59 Å². The molecule has 30 heavy (non-hydrogen) atoms. The van der Waals surface area contributed by atoms with E-state index in [9.17, 15) is 9.59 Å². The van der Waals surface area contributed by atoms with E-state index in [1.54, 1.807) is 48.3 Å². The van der Waals surface area contributed by atoms with Crippen molar-refractivity contribution >= 4 is 75.5 Å². The summed E-state index contributed by atoms with van der Waals surface area (Å²) in [6.45, 7) is 2.57. The molecule has 2 atom stereocenters. The van der Waals surface area contributed by atoms with Gasteiger partial charge in [0, 0.05) is 35.2 Å². The SMILES string of the molecule is CCCN(C)C(=O)c1cc(NC(=O)C2C(c3cc(Cl)cc(Cl)c3)C2(Cl)Cl)ccc1Cl. The number of carbonyl (C=O) groups is 2. The Labute approximate surface area is 200 Å². The van der Waals surface area contributed by atoms with Gasteiger partial charge >= 0.3 is 0 Å². The molecule has 0 heterocycles. The number of halogens is 5. The molecule has 2 amide bonds. The van der Waals surface area contributed by atoms with E-state index in [2.05, 4.69) is 5.32 Å². The average Bonchev–Trinajstić information content (AvgIpc) is 3.24. The normalized spacial score (nSPS) is 19.3. The van der Waals surface area contributed by atoms with Crippen LogP contribution in [0.15, 0.2) is 36.4 Å². The molecule has 1 fully saturated rings. The number of nitrogens with one attached hydrogen (secondary N) is 1. The van der Waals surface area contributed by atoms with Crippen LogP contribution in [0.4, 0.5) is 5.69 Å². The highest BCUT2D eigenvalue weighted by Crippen LogP contribution is 2.65. The average molecular weight is 509 g/mol. The molecular formula is C21H19Cl5N2O2. The molecule has 0 radical (unpaired) electrons. The van der Waals surface area contributed by atoms with Crippen LogP contribution in [-0.4, -0.2) is 34.6 Å². The summed E-state index contributed by atoms with van der Waals surface area (Å²) < 4.78 is -1.29. The lowest BCUT2D eigenvalue weighted by Gasteiger charge is -2.17. The molecule has 2 aromatic rings. The van der Waals surface area contributed by atoms with Crippen LogP contribution in [0.3, 0.4) is 0 Å². The maximum absolute atomic E-state index is 12.9. The van der Waals surface area contributed by atoms with Crippen LogP contribution < -0.4 is 5.32 Å². The summed E-state index contributed by atoms with van der Waals surface area (Å²) in [5.74, 6) is -1.75. The van der Waals surface area contributed by atoms with Crippen LogP contribution in [0.25, 0.3) is 0 Å². The Morgan fingerprint density at radius 1 is 1.07 bits per heavy atom. The van der Waals surface area contributed by atoms with E-state index in [-0.39, 0.29) is 11.8 Å². The van der Waals surface area contributed by atoms with Gasteiger partial charge in [0.05, 0.1) is 16.5 Å². The number of rotatable bonds is 6. The van der Waals surface area contributed by atoms with Gasteiger partial charge in [-0.1, -0.05) is 41.7 Å². The Bertz CT molecular complexity index is 975. The molecule has 160 valence electrons. The molecule has 1 aliphatic rings. The molecule has 4 nitrogen and oxygen atoms in total. The maximum Gasteiger partial charge on any atom is 0.255 e. The molecule has 1 N–H and O–H groups in total. The third-order valence-corrected chi connectivity index (χ3v) is 6.66. The zero-order valence-electron chi connectivity index (χ0n) is 16.2. The van der Waals surface area contributed by atoms with Gasteiger partial charge in [-0.25, -0.2) is 0 Å². The van der Waals surface area contributed by atoms with Crippen molar-refractivity contribution in [3.8, 4) is 0 Å². The number of carbonyl (C=O) groups excluding carboxylic acids is 2. The van der Waals surface area contributed by atoms with E-state index in [1.807, 2.05) is 6.92 Å². The molecular weight excluding hydrogens is 490 g/mol. The topological polar surface area (TPSA) is 49.4 Å². The number of hydrogen-bond acceptors (Lipinski definition) is 2. The Kier molecular flexibility index (Phi) is 7.15. The fourth-order valence-corrected chi connectivity index (χ4v) is 5.02. The fraction of sp³-hybridized carbons (Fsp3) is 0.333. The lowest BCUT2D eigenvalue weighted by molar-refractivity contribution is -0.117. The van der Waals surface area contributed by atoms with Crippen LogP contribution >= 0.6 is 58.0 Å². The van der Waals surface area contributed by atoms with Crippen molar-refractivity contribution in [3.63, 3.8) is 0 Å². The Morgan fingerprint density at radius 3 is 2.30 bits per heavy atom.